The number of carbonyl (C=O) groups is 2. The summed E-state index contributed by atoms with van der Waals surface area (Å²) in [5.74, 6) is -1.95. The van der Waals surface area contributed by atoms with Crippen molar-refractivity contribution in [1.82, 2.24) is 0 Å². The molecule has 0 atom stereocenters. The van der Waals surface area contributed by atoms with Crippen molar-refractivity contribution in [2.24, 2.45) is 0 Å². The third kappa shape index (κ3) is 2.27. The molecule has 1 aromatic carbocycles. The first kappa shape index (κ1) is 11.6. The highest BCUT2D eigenvalue weighted by molar-refractivity contribution is 6.02. The summed E-state index contributed by atoms with van der Waals surface area (Å²) >= 11 is 0. The van der Waals surface area contributed by atoms with Crippen molar-refractivity contribution >= 4 is 17.6 Å². The molecular weight excluding hydrogens is 225 g/mol. The number of carboxylic acid groups (broad SMARTS) is 1. The minimum absolute atomic E-state index is 0.106. The molecule has 1 amide bonds. The quantitative estimate of drug-likeness (QED) is 0.856. The zero-order valence-electron chi connectivity index (χ0n) is 9.15. The molecule has 1 heterocycles. The third-order valence-electron chi connectivity index (χ3n) is 2.80. The molecule has 90 valence electrons. The number of hydrogen-bond acceptors (Lipinski definition) is 2. The van der Waals surface area contributed by atoms with E-state index in [0.717, 1.165) is 18.9 Å². The fourth-order valence-corrected chi connectivity index (χ4v) is 1.98. The highest BCUT2D eigenvalue weighted by atomic mass is 19.1. The molecule has 4 nitrogen and oxygen atoms in total. The number of piperidine rings is 1. The summed E-state index contributed by atoms with van der Waals surface area (Å²) in [6, 6.07) is 3.46. The summed E-state index contributed by atoms with van der Waals surface area (Å²) < 4.78 is 13.0. The van der Waals surface area contributed by atoms with E-state index in [1.54, 1.807) is 0 Å². The highest BCUT2D eigenvalue weighted by Crippen LogP contribution is 2.25. The van der Waals surface area contributed by atoms with Gasteiger partial charge in [0.15, 0.2) is 0 Å². The Hall–Kier alpha value is -1.91. The van der Waals surface area contributed by atoms with Gasteiger partial charge in [0.05, 0.1) is 11.3 Å². The summed E-state index contributed by atoms with van der Waals surface area (Å²) in [5, 5.41) is 9.00. The zero-order valence-corrected chi connectivity index (χ0v) is 9.15. The summed E-state index contributed by atoms with van der Waals surface area (Å²) in [5.41, 5.74) is 0.115. The molecule has 0 aromatic heterocycles. The molecule has 1 aromatic rings. The number of halogens is 1. The fraction of sp³-hybridized carbons (Fsp3) is 0.333. The second kappa shape index (κ2) is 4.53. The molecule has 0 spiro atoms. The van der Waals surface area contributed by atoms with Crippen LogP contribution in [0.1, 0.15) is 29.6 Å². The maximum Gasteiger partial charge on any atom is 0.337 e. The lowest BCUT2D eigenvalue weighted by Crippen LogP contribution is -2.36. The Kier molecular flexibility index (Phi) is 3.08. The molecule has 17 heavy (non-hydrogen) atoms. The summed E-state index contributed by atoms with van der Waals surface area (Å²) in [7, 11) is 0. The zero-order chi connectivity index (χ0) is 12.4. The molecule has 0 aliphatic carbocycles. The lowest BCUT2D eigenvalue weighted by atomic mass is 10.1. The molecule has 1 fully saturated rings. The Balaban J connectivity index is 2.43. The minimum atomic E-state index is -1.22. The minimum Gasteiger partial charge on any atom is -0.478 e. The van der Waals surface area contributed by atoms with Gasteiger partial charge in [0.1, 0.15) is 5.82 Å². The number of hydrogen-bond donors (Lipinski definition) is 1. The fourth-order valence-electron chi connectivity index (χ4n) is 1.98. The number of carbonyl (C=O) groups excluding carboxylic acids is 1. The van der Waals surface area contributed by atoms with E-state index in [2.05, 4.69) is 0 Å². The van der Waals surface area contributed by atoms with Gasteiger partial charge in [-0.3, -0.25) is 4.79 Å². The van der Waals surface area contributed by atoms with E-state index >= 15 is 0 Å². The van der Waals surface area contributed by atoms with Crippen molar-refractivity contribution in [2.45, 2.75) is 19.3 Å². The van der Waals surface area contributed by atoms with Gasteiger partial charge in [-0.15, -0.1) is 0 Å². The van der Waals surface area contributed by atoms with Gasteiger partial charge in [-0.1, -0.05) is 0 Å². The summed E-state index contributed by atoms with van der Waals surface area (Å²) in [6.45, 7) is 0.491. The molecule has 1 N–H and O–H groups in total. The van der Waals surface area contributed by atoms with Crippen molar-refractivity contribution in [1.29, 1.82) is 0 Å². The van der Waals surface area contributed by atoms with E-state index < -0.39 is 11.8 Å². The Morgan fingerprint density at radius 3 is 2.76 bits per heavy atom. The van der Waals surface area contributed by atoms with Gasteiger partial charge in [-0.2, -0.15) is 0 Å². The van der Waals surface area contributed by atoms with Crippen LogP contribution in [0.25, 0.3) is 0 Å². The van der Waals surface area contributed by atoms with Crippen molar-refractivity contribution < 1.29 is 19.1 Å². The van der Waals surface area contributed by atoms with Crippen molar-refractivity contribution in [3.05, 3.63) is 29.6 Å². The normalized spacial score (nSPS) is 16.1. The molecule has 0 bridgehead atoms. The van der Waals surface area contributed by atoms with E-state index in [1.165, 1.54) is 17.0 Å². The van der Waals surface area contributed by atoms with Crippen LogP contribution in [0.2, 0.25) is 0 Å². The number of nitrogens with zero attached hydrogens (tertiary/aromatic N) is 1. The average molecular weight is 237 g/mol. The molecule has 0 radical (unpaired) electrons. The van der Waals surface area contributed by atoms with E-state index in [0.29, 0.717) is 13.0 Å². The Morgan fingerprint density at radius 1 is 1.35 bits per heavy atom. The monoisotopic (exact) mass is 237 g/mol. The van der Waals surface area contributed by atoms with Crippen LogP contribution in [0.3, 0.4) is 0 Å². The first-order valence-electron chi connectivity index (χ1n) is 5.43. The smallest absolute Gasteiger partial charge is 0.337 e. The standard InChI is InChI=1S/C12H12FNO3/c13-8-4-5-10(9(7-8)12(16)17)14-6-2-1-3-11(14)15/h4-5,7H,1-3,6H2,(H,16,17). The largest absolute Gasteiger partial charge is 0.478 e. The lowest BCUT2D eigenvalue weighted by Gasteiger charge is -2.27. The van der Waals surface area contributed by atoms with Crippen LogP contribution in [0.5, 0.6) is 0 Å². The molecule has 5 heteroatoms. The number of benzene rings is 1. The van der Waals surface area contributed by atoms with Gasteiger partial charge in [-0.05, 0) is 31.0 Å². The van der Waals surface area contributed by atoms with Crippen molar-refractivity contribution in [3.8, 4) is 0 Å². The predicted octanol–water partition coefficient (Wildman–Crippen LogP) is 2.04. The SMILES string of the molecule is O=C(O)c1cc(F)ccc1N1CCCCC1=O. The van der Waals surface area contributed by atoms with Crippen LogP contribution in [0.15, 0.2) is 18.2 Å². The van der Waals surface area contributed by atoms with E-state index in [4.69, 9.17) is 5.11 Å². The Morgan fingerprint density at radius 2 is 2.12 bits per heavy atom. The molecular formula is C12H12FNO3. The van der Waals surface area contributed by atoms with Crippen LogP contribution < -0.4 is 4.90 Å². The Labute approximate surface area is 97.7 Å². The molecule has 2 rings (SSSR count). The number of amides is 1. The Bertz CT molecular complexity index is 473. The molecule has 1 aliphatic rings. The van der Waals surface area contributed by atoms with Crippen LogP contribution in [-0.2, 0) is 4.79 Å². The van der Waals surface area contributed by atoms with Crippen LogP contribution >= 0.6 is 0 Å². The number of carboxylic acids is 1. The predicted molar refractivity (Wildman–Crippen MR) is 59.6 cm³/mol. The summed E-state index contributed by atoms with van der Waals surface area (Å²) in [4.78, 5) is 24.1. The second-order valence-electron chi connectivity index (χ2n) is 3.97. The maximum absolute atomic E-state index is 13.0. The number of rotatable bonds is 2. The van der Waals surface area contributed by atoms with Gasteiger partial charge in [0.2, 0.25) is 5.91 Å². The average Bonchev–Trinajstić information content (AvgIpc) is 2.30. The van der Waals surface area contributed by atoms with Crippen molar-refractivity contribution in [3.63, 3.8) is 0 Å². The third-order valence-corrected chi connectivity index (χ3v) is 2.80. The number of anilines is 1. The molecule has 0 unspecified atom stereocenters. The van der Waals surface area contributed by atoms with Gasteiger partial charge < -0.3 is 10.0 Å². The first-order valence-corrected chi connectivity index (χ1v) is 5.43. The molecule has 1 aliphatic heterocycles. The first-order chi connectivity index (χ1) is 8.09. The molecule has 0 saturated carbocycles. The van der Waals surface area contributed by atoms with Gasteiger partial charge in [-0.25, -0.2) is 9.18 Å². The van der Waals surface area contributed by atoms with Crippen LogP contribution in [0, 0.1) is 5.82 Å². The van der Waals surface area contributed by atoms with Gasteiger partial charge >= 0.3 is 5.97 Å². The lowest BCUT2D eigenvalue weighted by molar-refractivity contribution is -0.119. The van der Waals surface area contributed by atoms with Gasteiger partial charge in [0, 0.05) is 13.0 Å². The second-order valence-corrected chi connectivity index (χ2v) is 3.97. The highest BCUT2D eigenvalue weighted by Gasteiger charge is 2.24. The van der Waals surface area contributed by atoms with E-state index in [1.807, 2.05) is 0 Å². The van der Waals surface area contributed by atoms with E-state index in [-0.39, 0.29) is 17.2 Å². The van der Waals surface area contributed by atoms with Gasteiger partial charge in [0.25, 0.3) is 0 Å². The number of aromatic carboxylic acids is 1. The van der Waals surface area contributed by atoms with Crippen LogP contribution in [-0.4, -0.2) is 23.5 Å². The van der Waals surface area contributed by atoms with Crippen LogP contribution in [0.4, 0.5) is 10.1 Å². The van der Waals surface area contributed by atoms with Crippen molar-refractivity contribution in [2.75, 3.05) is 11.4 Å². The van der Waals surface area contributed by atoms with E-state index in [9.17, 15) is 14.0 Å². The topological polar surface area (TPSA) is 57.6 Å². The summed E-state index contributed by atoms with van der Waals surface area (Å²) in [6.07, 6.45) is 2.07. The maximum atomic E-state index is 13.0. The molecule has 1 saturated heterocycles.